The van der Waals surface area contributed by atoms with Crippen molar-refractivity contribution < 1.29 is 9.53 Å². The molecule has 1 unspecified atom stereocenters. The van der Waals surface area contributed by atoms with Gasteiger partial charge in [-0.1, -0.05) is 41.1 Å². The van der Waals surface area contributed by atoms with Gasteiger partial charge in [-0.25, -0.2) is 0 Å². The number of carbonyl (C=O) groups excluding carboxylic acids is 1. The highest BCUT2D eigenvalue weighted by atomic mass is 79.9. The first-order valence-corrected chi connectivity index (χ1v) is 7.05. The van der Waals surface area contributed by atoms with Gasteiger partial charge >= 0.3 is 0 Å². The van der Waals surface area contributed by atoms with Crippen LogP contribution in [0.25, 0.3) is 0 Å². The third-order valence-electron chi connectivity index (χ3n) is 2.78. The van der Waals surface area contributed by atoms with E-state index in [-0.39, 0.29) is 10.7 Å². The molecule has 0 radical (unpaired) electrons. The van der Waals surface area contributed by atoms with Crippen molar-refractivity contribution in [2.45, 2.75) is 25.1 Å². The van der Waals surface area contributed by atoms with Crippen molar-refractivity contribution in [3.63, 3.8) is 0 Å². The lowest BCUT2D eigenvalue weighted by molar-refractivity contribution is -0.129. The lowest BCUT2D eigenvalue weighted by Crippen LogP contribution is -2.35. The van der Waals surface area contributed by atoms with Crippen LogP contribution in [0, 0.1) is 6.92 Å². The Kier molecular flexibility index (Phi) is 6.19. The van der Waals surface area contributed by atoms with Gasteiger partial charge in [-0.2, -0.15) is 0 Å². The summed E-state index contributed by atoms with van der Waals surface area (Å²) in [5.74, 6) is 0.982. The van der Waals surface area contributed by atoms with E-state index in [0.717, 1.165) is 17.7 Å². The molecule has 1 rings (SSSR count). The molecular formula is C14H20BrNO2. The standard InChI is InChI=1S/C14H20BrNO2/c1-4-12(15)14(17)16(3)9-10-18-13-8-6-5-7-11(13)2/h5-8,12H,4,9-10H2,1-3H3. The van der Waals surface area contributed by atoms with Crippen LogP contribution in [-0.2, 0) is 4.79 Å². The number of halogens is 1. The molecule has 0 bridgehead atoms. The summed E-state index contributed by atoms with van der Waals surface area (Å²) in [4.78, 5) is 13.4. The Hall–Kier alpha value is -1.03. The number of benzene rings is 1. The van der Waals surface area contributed by atoms with Crippen LogP contribution in [0.1, 0.15) is 18.9 Å². The molecule has 0 heterocycles. The minimum Gasteiger partial charge on any atom is -0.491 e. The second-order valence-corrected chi connectivity index (χ2v) is 5.35. The zero-order valence-corrected chi connectivity index (χ0v) is 12.7. The van der Waals surface area contributed by atoms with Gasteiger partial charge in [-0.3, -0.25) is 4.79 Å². The smallest absolute Gasteiger partial charge is 0.236 e. The van der Waals surface area contributed by atoms with Crippen molar-refractivity contribution in [1.29, 1.82) is 0 Å². The molecule has 1 aromatic carbocycles. The molecule has 0 N–H and O–H groups in total. The Morgan fingerprint density at radius 1 is 1.44 bits per heavy atom. The second kappa shape index (κ2) is 7.41. The molecule has 1 atom stereocenters. The monoisotopic (exact) mass is 313 g/mol. The van der Waals surface area contributed by atoms with Gasteiger partial charge in [0.05, 0.1) is 11.4 Å². The molecule has 0 fully saturated rings. The lowest BCUT2D eigenvalue weighted by atomic mass is 10.2. The maximum Gasteiger partial charge on any atom is 0.236 e. The SMILES string of the molecule is CCC(Br)C(=O)N(C)CCOc1ccccc1C. The number of ether oxygens (including phenoxy) is 1. The highest BCUT2D eigenvalue weighted by Crippen LogP contribution is 2.16. The quantitative estimate of drug-likeness (QED) is 0.756. The van der Waals surface area contributed by atoms with E-state index < -0.39 is 0 Å². The highest BCUT2D eigenvalue weighted by Gasteiger charge is 2.16. The number of para-hydroxylation sites is 1. The molecule has 1 amide bonds. The van der Waals surface area contributed by atoms with Crippen molar-refractivity contribution in [2.75, 3.05) is 20.2 Å². The Balaban J connectivity index is 2.38. The Morgan fingerprint density at radius 3 is 2.72 bits per heavy atom. The molecule has 18 heavy (non-hydrogen) atoms. The Labute approximate surface area is 117 Å². The first kappa shape index (κ1) is 15.0. The zero-order chi connectivity index (χ0) is 13.5. The first-order valence-electron chi connectivity index (χ1n) is 6.13. The van der Waals surface area contributed by atoms with E-state index in [0.29, 0.717) is 13.2 Å². The maximum absolute atomic E-state index is 11.8. The van der Waals surface area contributed by atoms with Crippen LogP contribution in [0.4, 0.5) is 0 Å². The Morgan fingerprint density at radius 2 is 2.11 bits per heavy atom. The van der Waals surface area contributed by atoms with Crippen molar-refractivity contribution >= 4 is 21.8 Å². The number of likely N-dealkylation sites (N-methyl/N-ethyl adjacent to an activating group) is 1. The van der Waals surface area contributed by atoms with E-state index in [4.69, 9.17) is 4.74 Å². The zero-order valence-electron chi connectivity index (χ0n) is 11.1. The molecule has 4 heteroatoms. The van der Waals surface area contributed by atoms with Crippen LogP contribution in [0.3, 0.4) is 0 Å². The fourth-order valence-electron chi connectivity index (χ4n) is 1.53. The predicted octanol–water partition coefficient (Wildman–Crippen LogP) is 3.01. The normalized spacial score (nSPS) is 12.0. The lowest BCUT2D eigenvalue weighted by Gasteiger charge is -2.20. The number of hydrogen-bond donors (Lipinski definition) is 0. The molecule has 0 saturated carbocycles. The molecule has 0 aliphatic heterocycles. The third kappa shape index (κ3) is 4.33. The van der Waals surface area contributed by atoms with Crippen molar-refractivity contribution in [3.8, 4) is 5.75 Å². The number of aryl methyl sites for hydroxylation is 1. The maximum atomic E-state index is 11.8. The van der Waals surface area contributed by atoms with E-state index in [1.165, 1.54) is 0 Å². The van der Waals surface area contributed by atoms with Crippen LogP contribution >= 0.6 is 15.9 Å². The fourth-order valence-corrected chi connectivity index (χ4v) is 1.88. The first-order chi connectivity index (χ1) is 8.56. The largest absolute Gasteiger partial charge is 0.491 e. The van der Waals surface area contributed by atoms with Crippen LogP contribution in [0.15, 0.2) is 24.3 Å². The van der Waals surface area contributed by atoms with Crippen molar-refractivity contribution in [1.82, 2.24) is 4.90 Å². The van der Waals surface area contributed by atoms with Crippen molar-refractivity contribution in [2.24, 2.45) is 0 Å². The van der Waals surface area contributed by atoms with Gasteiger partial charge in [0, 0.05) is 7.05 Å². The van der Waals surface area contributed by atoms with Crippen molar-refractivity contribution in [3.05, 3.63) is 29.8 Å². The minimum absolute atomic E-state index is 0.0963. The van der Waals surface area contributed by atoms with Gasteiger partial charge in [-0.05, 0) is 25.0 Å². The van der Waals surface area contributed by atoms with Crippen LogP contribution in [0.5, 0.6) is 5.75 Å². The van der Waals surface area contributed by atoms with E-state index in [1.54, 1.807) is 11.9 Å². The van der Waals surface area contributed by atoms with Crippen LogP contribution in [-0.4, -0.2) is 35.8 Å². The van der Waals surface area contributed by atoms with E-state index in [2.05, 4.69) is 15.9 Å². The number of rotatable bonds is 6. The minimum atomic E-state index is -0.0963. The van der Waals surface area contributed by atoms with Crippen LogP contribution in [0.2, 0.25) is 0 Å². The summed E-state index contributed by atoms with van der Waals surface area (Å²) in [5, 5.41) is 0. The average Bonchev–Trinajstić information content (AvgIpc) is 2.39. The van der Waals surface area contributed by atoms with Gasteiger partial charge < -0.3 is 9.64 Å². The van der Waals surface area contributed by atoms with E-state index in [9.17, 15) is 4.79 Å². The summed E-state index contributed by atoms with van der Waals surface area (Å²) in [7, 11) is 1.80. The Bertz CT molecular complexity index is 395. The van der Waals surface area contributed by atoms with Crippen LogP contribution < -0.4 is 4.74 Å². The molecule has 100 valence electrons. The molecule has 1 aromatic rings. The van der Waals surface area contributed by atoms with E-state index in [1.807, 2.05) is 38.1 Å². The molecule has 3 nitrogen and oxygen atoms in total. The highest BCUT2D eigenvalue weighted by molar-refractivity contribution is 9.10. The average molecular weight is 314 g/mol. The summed E-state index contributed by atoms with van der Waals surface area (Å²) >= 11 is 3.36. The number of carbonyl (C=O) groups is 1. The topological polar surface area (TPSA) is 29.5 Å². The molecule has 0 aromatic heterocycles. The molecule has 0 aliphatic rings. The van der Waals surface area contributed by atoms with Gasteiger partial charge in [0.25, 0.3) is 0 Å². The molecule has 0 saturated heterocycles. The van der Waals surface area contributed by atoms with Gasteiger partial charge in [-0.15, -0.1) is 0 Å². The molecule has 0 aliphatic carbocycles. The summed E-state index contributed by atoms with van der Waals surface area (Å²) < 4.78 is 5.66. The van der Waals surface area contributed by atoms with E-state index >= 15 is 0 Å². The number of amides is 1. The summed E-state index contributed by atoms with van der Waals surface area (Å²) in [6.45, 7) is 5.09. The summed E-state index contributed by atoms with van der Waals surface area (Å²) in [6.07, 6.45) is 0.793. The molecular weight excluding hydrogens is 294 g/mol. The number of nitrogens with zero attached hydrogens (tertiary/aromatic N) is 1. The van der Waals surface area contributed by atoms with Gasteiger partial charge in [0.2, 0.25) is 5.91 Å². The fraction of sp³-hybridized carbons (Fsp3) is 0.500. The second-order valence-electron chi connectivity index (χ2n) is 4.25. The summed E-state index contributed by atoms with van der Waals surface area (Å²) in [6, 6.07) is 7.88. The molecule has 0 spiro atoms. The summed E-state index contributed by atoms with van der Waals surface area (Å²) in [5.41, 5.74) is 1.11. The number of hydrogen-bond acceptors (Lipinski definition) is 2. The number of alkyl halides is 1. The third-order valence-corrected chi connectivity index (χ3v) is 3.82. The van der Waals surface area contributed by atoms with Gasteiger partial charge in [0.1, 0.15) is 12.4 Å². The predicted molar refractivity (Wildman–Crippen MR) is 77.3 cm³/mol. The van der Waals surface area contributed by atoms with Gasteiger partial charge in [0.15, 0.2) is 0 Å².